The Morgan fingerprint density at radius 3 is 2.45 bits per heavy atom. The lowest BCUT2D eigenvalue weighted by molar-refractivity contribution is -0.315. The number of piperidine rings is 2. The van der Waals surface area contributed by atoms with Gasteiger partial charge in [-0.25, -0.2) is 0 Å². The molecule has 4 aliphatic carbocycles. The average Bonchev–Trinajstić information content (AvgIpc) is 3.33. The second kappa shape index (κ2) is 10.7. The molecule has 3 saturated heterocycles. The van der Waals surface area contributed by atoms with Gasteiger partial charge in [-0.3, -0.25) is 9.69 Å². The van der Waals surface area contributed by atoms with Crippen molar-refractivity contribution >= 4 is 5.78 Å². The van der Waals surface area contributed by atoms with E-state index >= 15 is 0 Å². The number of carbonyl (C=O) groups is 1. The van der Waals surface area contributed by atoms with Crippen LogP contribution in [-0.2, 0) is 14.3 Å². The van der Waals surface area contributed by atoms with Crippen LogP contribution in [0.25, 0.3) is 0 Å². The van der Waals surface area contributed by atoms with Crippen LogP contribution in [0.4, 0.5) is 0 Å². The van der Waals surface area contributed by atoms with Crippen molar-refractivity contribution in [2.24, 2.45) is 52.8 Å². The summed E-state index contributed by atoms with van der Waals surface area (Å²) in [7, 11) is 0. The molecule has 42 heavy (non-hydrogen) atoms. The molecule has 7 fully saturated rings. The summed E-state index contributed by atoms with van der Waals surface area (Å²) >= 11 is 0. The number of rotatable bonds is 3. The van der Waals surface area contributed by atoms with Crippen molar-refractivity contribution in [1.82, 2.24) is 4.90 Å². The summed E-state index contributed by atoms with van der Waals surface area (Å²) in [6, 6.07) is 0.276. The number of aliphatic hydroxyl groups is 5. The van der Waals surface area contributed by atoms with Gasteiger partial charge in [-0.15, -0.1) is 0 Å². The van der Waals surface area contributed by atoms with E-state index in [1.807, 2.05) is 0 Å². The fraction of sp³-hybridized carbons (Fsp3) is 0.970. The van der Waals surface area contributed by atoms with Gasteiger partial charge in [0.25, 0.3) is 0 Å². The second-order valence-corrected chi connectivity index (χ2v) is 16.0. The summed E-state index contributed by atoms with van der Waals surface area (Å²) < 4.78 is 11.8. The largest absolute Gasteiger partial charge is 0.394 e. The molecule has 0 spiro atoms. The Kier molecular flexibility index (Phi) is 7.66. The number of fused-ring (bicyclic) bond motifs is 8. The lowest BCUT2D eigenvalue weighted by Gasteiger charge is -2.59. The zero-order valence-electron chi connectivity index (χ0n) is 25.6. The van der Waals surface area contributed by atoms with Gasteiger partial charge in [0.1, 0.15) is 30.2 Å². The molecule has 3 aliphatic heterocycles. The Balaban J connectivity index is 1.07. The van der Waals surface area contributed by atoms with E-state index in [0.29, 0.717) is 60.1 Å². The van der Waals surface area contributed by atoms with Crippen LogP contribution < -0.4 is 0 Å². The number of carbonyl (C=O) groups excluding carboxylic acids is 1. The number of ketones is 1. The molecule has 238 valence electrons. The number of hydrogen-bond acceptors (Lipinski definition) is 9. The molecule has 0 aromatic rings. The number of hydrogen-bond donors (Lipinski definition) is 5. The monoisotopic (exact) mass is 591 g/mol. The molecule has 4 saturated carbocycles. The SMILES string of the molecule is C[C@H]1CC[C@@H]2N(C1)C[C@H]1[C@H]3C[C@@H]4[C@H](CC(=O)[C@H]5C[C@@H](O[C@H]6O[C@@H](CO)[C@@H](O)[C@@H](O)[C@H]6O)CC[C@@]54C)[C@@H]3CC[C@H]1[C@]2(C)O. The van der Waals surface area contributed by atoms with Gasteiger partial charge in [0.05, 0.1) is 18.3 Å². The number of Topliss-reactive ketones (excluding diaryl/α,β-unsaturated/α-hetero) is 1. The quantitative estimate of drug-likeness (QED) is 0.310. The molecule has 5 N–H and O–H groups in total. The van der Waals surface area contributed by atoms with Gasteiger partial charge in [-0.2, -0.15) is 0 Å². The van der Waals surface area contributed by atoms with E-state index in [9.17, 15) is 30.3 Å². The molecule has 7 aliphatic rings. The van der Waals surface area contributed by atoms with Crippen molar-refractivity contribution in [1.29, 1.82) is 0 Å². The van der Waals surface area contributed by atoms with Crippen LogP contribution in [0, 0.1) is 52.8 Å². The Bertz CT molecular complexity index is 1040. The smallest absolute Gasteiger partial charge is 0.186 e. The highest BCUT2D eigenvalue weighted by atomic mass is 16.7. The maximum atomic E-state index is 13.9. The van der Waals surface area contributed by atoms with E-state index in [2.05, 4.69) is 25.7 Å². The standard InChI is InChI=1S/C33H53NO8/c1-16-4-7-27-33(3,40)22-6-5-18-19(21(22)14-34(27)13-16)11-23-20(18)12-25(36)24-10-17(8-9-32(23,24)2)41-31-30(39)29(38)28(37)26(15-35)42-31/h16-24,26-31,35,37-40H,4-15H2,1-3H3/t16-,17-,18+,19-,20+,21-,22+,23+,24+,26-,27-,28+,29+,30+,31-,32+,33-/m0/s1. The molecule has 0 aromatic heterocycles. The fourth-order valence-electron chi connectivity index (χ4n) is 11.8. The summed E-state index contributed by atoms with van der Waals surface area (Å²) in [5.74, 6) is 3.79. The van der Waals surface area contributed by atoms with Crippen molar-refractivity contribution in [2.45, 2.75) is 127 Å². The van der Waals surface area contributed by atoms with E-state index in [1.54, 1.807) is 0 Å². The van der Waals surface area contributed by atoms with Crippen molar-refractivity contribution in [2.75, 3.05) is 19.7 Å². The topological polar surface area (TPSA) is 140 Å². The number of ether oxygens (including phenoxy) is 2. The molecule has 7 rings (SSSR count). The molecule has 0 amide bonds. The highest BCUT2D eigenvalue weighted by molar-refractivity contribution is 5.83. The van der Waals surface area contributed by atoms with E-state index < -0.39 is 42.9 Å². The van der Waals surface area contributed by atoms with Crippen LogP contribution in [0.1, 0.15) is 78.6 Å². The zero-order chi connectivity index (χ0) is 29.7. The van der Waals surface area contributed by atoms with E-state index in [-0.39, 0.29) is 23.5 Å². The third-order valence-electron chi connectivity index (χ3n) is 14.0. The van der Waals surface area contributed by atoms with Gasteiger partial charge in [0, 0.05) is 31.5 Å². The molecule has 9 nitrogen and oxygen atoms in total. The minimum Gasteiger partial charge on any atom is -0.394 e. The van der Waals surface area contributed by atoms with Crippen molar-refractivity contribution < 1.29 is 39.8 Å². The van der Waals surface area contributed by atoms with Crippen LogP contribution in [-0.4, -0.2) is 104 Å². The maximum Gasteiger partial charge on any atom is 0.186 e. The molecule has 0 bridgehead atoms. The highest BCUT2D eigenvalue weighted by Gasteiger charge is 2.64. The summed E-state index contributed by atoms with van der Waals surface area (Å²) in [5.41, 5.74) is -0.745. The molecule has 0 radical (unpaired) electrons. The molecule has 0 aromatic carbocycles. The lowest BCUT2D eigenvalue weighted by atomic mass is 9.51. The number of aliphatic hydroxyl groups excluding tert-OH is 4. The first-order valence-electron chi connectivity index (χ1n) is 16.9. The first-order chi connectivity index (χ1) is 19.9. The molecular weight excluding hydrogens is 538 g/mol. The zero-order valence-corrected chi connectivity index (χ0v) is 25.6. The van der Waals surface area contributed by atoms with Crippen LogP contribution in [0.5, 0.6) is 0 Å². The average molecular weight is 592 g/mol. The van der Waals surface area contributed by atoms with Gasteiger partial charge >= 0.3 is 0 Å². The molecule has 17 atom stereocenters. The normalized spacial score (nSPS) is 57.9. The predicted molar refractivity (Wildman–Crippen MR) is 153 cm³/mol. The Morgan fingerprint density at radius 1 is 0.905 bits per heavy atom. The summed E-state index contributed by atoms with van der Waals surface area (Å²) in [6.45, 7) is 8.49. The van der Waals surface area contributed by atoms with Gasteiger partial charge in [0.15, 0.2) is 6.29 Å². The molecule has 3 heterocycles. The first-order valence-corrected chi connectivity index (χ1v) is 16.9. The Morgan fingerprint density at radius 2 is 1.69 bits per heavy atom. The minimum absolute atomic E-state index is 0.0958. The molecule has 0 unspecified atom stereocenters. The third kappa shape index (κ3) is 4.50. The number of nitrogens with zero attached hydrogens (tertiary/aromatic N) is 1. The Labute approximate surface area is 249 Å². The lowest BCUT2D eigenvalue weighted by Crippen LogP contribution is -2.67. The van der Waals surface area contributed by atoms with Crippen molar-refractivity contribution in [3.05, 3.63) is 0 Å². The van der Waals surface area contributed by atoms with E-state index in [4.69, 9.17) is 9.47 Å². The van der Waals surface area contributed by atoms with Crippen molar-refractivity contribution in [3.63, 3.8) is 0 Å². The minimum atomic E-state index is -1.47. The summed E-state index contributed by atoms with van der Waals surface area (Å²) in [5, 5.41) is 52.4. The Hall–Kier alpha value is -0.650. The summed E-state index contributed by atoms with van der Waals surface area (Å²) in [4.78, 5) is 16.5. The van der Waals surface area contributed by atoms with Gasteiger partial charge in [-0.05, 0) is 105 Å². The van der Waals surface area contributed by atoms with Crippen LogP contribution in [0.2, 0.25) is 0 Å². The summed E-state index contributed by atoms with van der Waals surface area (Å²) in [6.07, 6.45) is 1.67. The maximum absolute atomic E-state index is 13.9. The molecule has 9 heteroatoms. The fourth-order valence-corrected chi connectivity index (χ4v) is 11.8. The predicted octanol–water partition coefficient (Wildman–Crippen LogP) is 1.71. The van der Waals surface area contributed by atoms with Crippen LogP contribution in [0.15, 0.2) is 0 Å². The third-order valence-corrected chi connectivity index (χ3v) is 14.0. The van der Waals surface area contributed by atoms with Gasteiger partial charge in [-0.1, -0.05) is 13.8 Å². The van der Waals surface area contributed by atoms with Crippen LogP contribution in [0.3, 0.4) is 0 Å². The second-order valence-electron chi connectivity index (χ2n) is 16.0. The van der Waals surface area contributed by atoms with Crippen LogP contribution >= 0.6 is 0 Å². The van der Waals surface area contributed by atoms with Gasteiger partial charge in [0.2, 0.25) is 0 Å². The van der Waals surface area contributed by atoms with Crippen molar-refractivity contribution in [3.8, 4) is 0 Å². The van der Waals surface area contributed by atoms with E-state index in [0.717, 1.165) is 51.6 Å². The molecular formula is C33H53NO8. The highest BCUT2D eigenvalue weighted by Crippen LogP contribution is 2.66. The first kappa shape index (κ1) is 30.0. The van der Waals surface area contributed by atoms with Gasteiger partial charge < -0.3 is 35.0 Å². The van der Waals surface area contributed by atoms with E-state index in [1.165, 1.54) is 6.42 Å².